The van der Waals surface area contributed by atoms with Crippen molar-refractivity contribution in [1.29, 1.82) is 0 Å². The van der Waals surface area contributed by atoms with Gasteiger partial charge in [0.1, 0.15) is 0 Å². The molecule has 3 rings (SSSR count). The molecule has 1 fully saturated rings. The number of amides is 1. The van der Waals surface area contributed by atoms with Crippen molar-refractivity contribution in [3.05, 3.63) is 66.2 Å². The van der Waals surface area contributed by atoms with E-state index in [1.165, 1.54) is 6.42 Å². The fraction of sp³-hybridized carbons (Fsp3) is 0.409. The molecule has 0 spiro atoms. The molecule has 0 aromatic heterocycles. The summed E-state index contributed by atoms with van der Waals surface area (Å²) in [6.45, 7) is 2.10. The van der Waals surface area contributed by atoms with Gasteiger partial charge in [-0.2, -0.15) is 0 Å². The number of carbonyl (C=O) groups excluding carboxylic acids is 1. The van der Waals surface area contributed by atoms with Crippen LogP contribution in [0.1, 0.15) is 31.2 Å². The van der Waals surface area contributed by atoms with Crippen LogP contribution >= 0.6 is 0 Å². The van der Waals surface area contributed by atoms with Gasteiger partial charge in [0.15, 0.2) is 0 Å². The van der Waals surface area contributed by atoms with Crippen molar-refractivity contribution in [2.75, 3.05) is 24.6 Å². The molecule has 0 saturated carbocycles. The summed E-state index contributed by atoms with van der Waals surface area (Å²) >= 11 is 0. The minimum Gasteiger partial charge on any atom is -0.396 e. The van der Waals surface area contributed by atoms with Gasteiger partial charge in [0.25, 0.3) is 0 Å². The number of benzene rings is 2. The SMILES string of the molecule is O=C(CN1CCCCC1CCO)N(Cc1ccccc1)c1ccccc1. The Labute approximate surface area is 156 Å². The maximum absolute atomic E-state index is 13.2. The fourth-order valence-electron chi connectivity index (χ4n) is 3.70. The lowest BCUT2D eigenvalue weighted by molar-refractivity contribution is -0.120. The van der Waals surface area contributed by atoms with Crippen molar-refractivity contribution < 1.29 is 9.90 Å². The van der Waals surface area contributed by atoms with Crippen LogP contribution in [0.15, 0.2) is 60.7 Å². The molecule has 1 aliphatic rings. The van der Waals surface area contributed by atoms with Gasteiger partial charge in [-0.05, 0) is 43.5 Å². The van der Waals surface area contributed by atoms with Crippen LogP contribution in [0.5, 0.6) is 0 Å². The van der Waals surface area contributed by atoms with E-state index in [1.54, 1.807) is 0 Å². The molecule has 138 valence electrons. The van der Waals surface area contributed by atoms with E-state index in [0.29, 0.717) is 19.1 Å². The van der Waals surface area contributed by atoms with Gasteiger partial charge in [0.05, 0.1) is 13.1 Å². The molecule has 26 heavy (non-hydrogen) atoms. The highest BCUT2D eigenvalue weighted by Crippen LogP contribution is 2.22. The van der Waals surface area contributed by atoms with Gasteiger partial charge in [-0.3, -0.25) is 9.69 Å². The third-order valence-corrected chi connectivity index (χ3v) is 5.10. The number of para-hydroxylation sites is 1. The van der Waals surface area contributed by atoms with Crippen LogP contribution in [0.4, 0.5) is 5.69 Å². The van der Waals surface area contributed by atoms with Gasteiger partial charge in [-0.1, -0.05) is 55.0 Å². The molecule has 1 N–H and O–H groups in total. The number of nitrogens with zero attached hydrogens (tertiary/aromatic N) is 2. The summed E-state index contributed by atoms with van der Waals surface area (Å²) in [4.78, 5) is 17.3. The normalized spacial score (nSPS) is 17.8. The van der Waals surface area contributed by atoms with E-state index in [0.717, 1.165) is 37.1 Å². The molecule has 0 radical (unpaired) electrons. The first-order valence-corrected chi connectivity index (χ1v) is 9.52. The topological polar surface area (TPSA) is 43.8 Å². The number of hydrogen-bond donors (Lipinski definition) is 1. The number of anilines is 1. The predicted molar refractivity (Wildman–Crippen MR) is 105 cm³/mol. The average molecular weight is 352 g/mol. The van der Waals surface area contributed by atoms with Gasteiger partial charge in [0, 0.05) is 18.3 Å². The second-order valence-electron chi connectivity index (χ2n) is 6.93. The Bertz CT molecular complexity index is 673. The van der Waals surface area contributed by atoms with E-state index < -0.39 is 0 Å². The first-order chi connectivity index (χ1) is 12.8. The fourth-order valence-corrected chi connectivity index (χ4v) is 3.70. The number of aliphatic hydroxyl groups is 1. The lowest BCUT2D eigenvalue weighted by atomic mass is 9.99. The molecule has 1 unspecified atom stereocenters. The minimum atomic E-state index is 0.116. The highest BCUT2D eigenvalue weighted by molar-refractivity contribution is 5.94. The van der Waals surface area contributed by atoms with Crippen molar-refractivity contribution in [3.63, 3.8) is 0 Å². The molecule has 1 heterocycles. The summed E-state index contributed by atoms with van der Waals surface area (Å²) in [6.07, 6.45) is 4.12. The molecule has 2 aromatic carbocycles. The first-order valence-electron chi connectivity index (χ1n) is 9.52. The Kier molecular flexibility index (Phi) is 6.81. The van der Waals surface area contributed by atoms with Gasteiger partial charge in [-0.15, -0.1) is 0 Å². The Morgan fingerprint density at radius 2 is 1.73 bits per heavy atom. The zero-order chi connectivity index (χ0) is 18.2. The minimum absolute atomic E-state index is 0.116. The summed E-state index contributed by atoms with van der Waals surface area (Å²) in [6, 6.07) is 20.3. The second-order valence-corrected chi connectivity index (χ2v) is 6.93. The largest absolute Gasteiger partial charge is 0.396 e. The number of carbonyl (C=O) groups is 1. The third-order valence-electron chi connectivity index (χ3n) is 5.10. The summed E-state index contributed by atoms with van der Waals surface area (Å²) in [5.41, 5.74) is 2.05. The predicted octanol–water partition coefficient (Wildman–Crippen LogP) is 3.46. The quantitative estimate of drug-likeness (QED) is 0.830. The highest BCUT2D eigenvalue weighted by atomic mass is 16.3. The van der Waals surface area contributed by atoms with Crippen LogP contribution in [-0.4, -0.2) is 41.7 Å². The number of piperidine rings is 1. The summed E-state index contributed by atoms with van der Waals surface area (Å²) in [5.74, 6) is 0.116. The van der Waals surface area contributed by atoms with Gasteiger partial charge >= 0.3 is 0 Å². The Hall–Kier alpha value is -2.17. The van der Waals surface area contributed by atoms with Gasteiger partial charge < -0.3 is 10.0 Å². The monoisotopic (exact) mass is 352 g/mol. The highest BCUT2D eigenvalue weighted by Gasteiger charge is 2.26. The van der Waals surface area contributed by atoms with E-state index in [2.05, 4.69) is 17.0 Å². The summed E-state index contributed by atoms with van der Waals surface area (Å²) < 4.78 is 0. The van der Waals surface area contributed by atoms with Crippen LogP contribution < -0.4 is 4.90 Å². The van der Waals surface area contributed by atoms with Crippen LogP contribution in [0, 0.1) is 0 Å². The van der Waals surface area contributed by atoms with Crippen molar-refractivity contribution in [2.45, 2.75) is 38.3 Å². The van der Waals surface area contributed by atoms with E-state index in [-0.39, 0.29) is 12.5 Å². The number of aliphatic hydroxyl groups excluding tert-OH is 1. The molecule has 0 bridgehead atoms. The molecule has 1 amide bonds. The van der Waals surface area contributed by atoms with Gasteiger partial charge in [-0.25, -0.2) is 0 Å². The molecule has 1 atom stereocenters. The van der Waals surface area contributed by atoms with E-state index in [4.69, 9.17) is 0 Å². The van der Waals surface area contributed by atoms with Crippen molar-refractivity contribution in [2.24, 2.45) is 0 Å². The van der Waals surface area contributed by atoms with E-state index in [9.17, 15) is 9.90 Å². The Balaban J connectivity index is 1.76. The third kappa shape index (κ3) is 4.93. The maximum Gasteiger partial charge on any atom is 0.241 e. The maximum atomic E-state index is 13.2. The molecule has 4 nitrogen and oxygen atoms in total. The van der Waals surface area contributed by atoms with Crippen molar-refractivity contribution in [1.82, 2.24) is 4.90 Å². The molecule has 2 aromatic rings. The Morgan fingerprint density at radius 1 is 1.04 bits per heavy atom. The first kappa shape index (κ1) is 18.6. The summed E-state index contributed by atoms with van der Waals surface area (Å²) in [5, 5.41) is 9.33. The molecular formula is C22H28N2O2. The summed E-state index contributed by atoms with van der Waals surface area (Å²) in [7, 11) is 0. The second kappa shape index (κ2) is 9.51. The standard InChI is InChI=1S/C22H28N2O2/c25-16-14-20-11-7-8-15-23(20)18-22(26)24(21-12-5-2-6-13-21)17-19-9-3-1-4-10-19/h1-6,9-10,12-13,20,25H,7-8,11,14-18H2. The van der Waals surface area contributed by atoms with Crippen LogP contribution in [0.3, 0.4) is 0 Å². The number of rotatable bonds is 7. The Morgan fingerprint density at radius 3 is 2.42 bits per heavy atom. The van der Waals surface area contributed by atoms with Crippen LogP contribution in [-0.2, 0) is 11.3 Å². The molecule has 4 heteroatoms. The average Bonchev–Trinajstić information content (AvgIpc) is 2.69. The molecule has 1 saturated heterocycles. The smallest absolute Gasteiger partial charge is 0.241 e. The number of hydrogen-bond acceptors (Lipinski definition) is 3. The van der Waals surface area contributed by atoms with Gasteiger partial charge in [0.2, 0.25) is 5.91 Å². The van der Waals surface area contributed by atoms with Crippen molar-refractivity contribution in [3.8, 4) is 0 Å². The molecular weight excluding hydrogens is 324 g/mol. The molecule has 0 aliphatic carbocycles. The lowest BCUT2D eigenvalue weighted by Gasteiger charge is -2.36. The van der Waals surface area contributed by atoms with E-state index >= 15 is 0 Å². The zero-order valence-corrected chi connectivity index (χ0v) is 15.3. The van der Waals surface area contributed by atoms with E-state index in [1.807, 2.05) is 53.4 Å². The molecule has 1 aliphatic heterocycles. The zero-order valence-electron chi connectivity index (χ0n) is 15.3. The van der Waals surface area contributed by atoms with Crippen LogP contribution in [0.25, 0.3) is 0 Å². The number of likely N-dealkylation sites (tertiary alicyclic amines) is 1. The van der Waals surface area contributed by atoms with Crippen molar-refractivity contribution >= 4 is 11.6 Å². The lowest BCUT2D eigenvalue weighted by Crippen LogP contribution is -2.47. The van der Waals surface area contributed by atoms with Crippen LogP contribution in [0.2, 0.25) is 0 Å².